The Morgan fingerprint density at radius 3 is 2.31 bits per heavy atom. The molecule has 1 N–H and O–H groups in total. The van der Waals surface area contributed by atoms with Crippen molar-refractivity contribution in [3.63, 3.8) is 0 Å². The molecule has 0 amide bonds. The molecule has 78 valence electrons. The molecule has 0 aromatic rings. The average molecular weight is 200 g/mol. The van der Waals surface area contributed by atoms with E-state index >= 15 is 0 Å². The lowest BCUT2D eigenvalue weighted by molar-refractivity contribution is 0.208. The molecule has 13 heavy (non-hydrogen) atoms. The van der Waals surface area contributed by atoms with Crippen LogP contribution in [0.1, 0.15) is 32.6 Å². The maximum Gasteiger partial charge on any atom is 0.0717 e. The maximum absolute atomic E-state index is 9.57. The van der Waals surface area contributed by atoms with Gasteiger partial charge in [-0.2, -0.15) is 0 Å². The molecule has 0 radical (unpaired) electrons. The first-order valence-corrected chi connectivity index (χ1v) is 8.91. The topological polar surface area (TPSA) is 20.2 Å². The number of aliphatic hydroxyl groups is 1. The van der Waals surface area contributed by atoms with Crippen LogP contribution in [0, 0.1) is 0 Å². The lowest BCUT2D eigenvalue weighted by Gasteiger charge is -2.10. The van der Waals surface area contributed by atoms with E-state index in [1.165, 1.54) is 12.8 Å². The third-order valence-corrected chi connectivity index (χ3v) is 3.11. The highest BCUT2D eigenvalue weighted by atomic mass is 28.3. The van der Waals surface area contributed by atoms with Crippen LogP contribution in [0.3, 0.4) is 0 Å². The highest BCUT2D eigenvalue weighted by Gasteiger charge is 2.08. The molecular formula is C11H24OSi. The molecule has 0 heterocycles. The summed E-state index contributed by atoms with van der Waals surface area (Å²) in [4.78, 5) is 0. The molecular weight excluding hydrogens is 176 g/mol. The van der Waals surface area contributed by atoms with Gasteiger partial charge in [0.1, 0.15) is 0 Å². The molecule has 0 saturated carbocycles. The maximum atomic E-state index is 9.57. The molecule has 1 atom stereocenters. The summed E-state index contributed by atoms with van der Waals surface area (Å²) in [6.45, 7) is 9.02. The molecule has 0 aliphatic rings. The van der Waals surface area contributed by atoms with Crippen LogP contribution in [0.2, 0.25) is 19.6 Å². The van der Waals surface area contributed by atoms with E-state index in [0.29, 0.717) is 0 Å². The van der Waals surface area contributed by atoms with Gasteiger partial charge in [-0.15, -0.1) is 0 Å². The number of aliphatic hydroxyl groups excluding tert-OH is 1. The standard InChI is InChI=1S/C11H24OSi/c1-5-6-7-8-11(12)9-10-13(2,3)4/h9-12H,5-8H2,1-4H3/b10-9+. The number of hydrogen-bond donors (Lipinski definition) is 1. The van der Waals surface area contributed by atoms with Gasteiger partial charge >= 0.3 is 0 Å². The van der Waals surface area contributed by atoms with Gasteiger partial charge in [-0.05, 0) is 6.42 Å². The van der Waals surface area contributed by atoms with Crippen molar-refractivity contribution < 1.29 is 5.11 Å². The Morgan fingerprint density at radius 1 is 1.23 bits per heavy atom. The lowest BCUT2D eigenvalue weighted by Crippen LogP contribution is -2.17. The summed E-state index contributed by atoms with van der Waals surface area (Å²) in [6, 6.07) is 0. The van der Waals surface area contributed by atoms with Gasteiger partial charge in [-0.25, -0.2) is 0 Å². The van der Waals surface area contributed by atoms with Crippen LogP contribution in [0.4, 0.5) is 0 Å². The van der Waals surface area contributed by atoms with E-state index in [-0.39, 0.29) is 6.10 Å². The SMILES string of the molecule is CCCCCC(O)/C=C/[Si](C)(C)C. The first kappa shape index (κ1) is 12.9. The van der Waals surface area contributed by atoms with Gasteiger partial charge in [-0.1, -0.05) is 57.6 Å². The van der Waals surface area contributed by atoms with Gasteiger partial charge in [-0.3, -0.25) is 0 Å². The second-order valence-corrected chi connectivity index (χ2v) is 9.85. The smallest absolute Gasteiger partial charge is 0.0717 e. The van der Waals surface area contributed by atoms with Gasteiger partial charge in [0.2, 0.25) is 0 Å². The minimum atomic E-state index is -1.11. The Kier molecular flexibility index (Phi) is 6.34. The van der Waals surface area contributed by atoms with Crippen LogP contribution in [0.25, 0.3) is 0 Å². The Labute approximate surface area is 83.9 Å². The van der Waals surface area contributed by atoms with Crippen molar-refractivity contribution in [3.05, 3.63) is 11.8 Å². The zero-order valence-corrected chi connectivity index (χ0v) is 10.5. The van der Waals surface area contributed by atoms with Crippen molar-refractivity contribution in [3.8, 4) is 0 Å². The van der Waals surface area contributed by atoms with Crippen LogP contribution in [0.15, 0.2) is 11.8 Å². The summed E-state index contributed by atoms with van der Waals surface area (Å²) >= 11 is 0. The third kappa shape index (κ3) is 9.83. The minimum absolute atomic E-state index is 0.210. The van der Waals surface area contributed by atoms with Crippen LogP contribution in [-0.4, -0.2) is 19.3 Å². The van der Waals surface area contributed by atoms with Crippen molar-refractivity contribution in [2.24, 2.45) is 0 Å². The number of rotatable bonds is 6. The Balaban J connectivity index is 3.61. The van der Waals surface area contributed by atoms with Crippen LogP contribution in [0.5, 0.6) is 0 Å². The molecule has 0 aliphatic heterocycles. The molecule has 1 nitrogen and oxygen atoms in total. The van der Waals surface area contributed by atoms with E-state index in [1.54, 1.807) is 0 Å². The fourth-order valence-electron chi connectivity index (χ4n) is 1.10. The van der Waals surface area contributed by atoms with Gasteiger partial charge in [0, 0.05) is 0 Å². The van der Waals surface area contributed by atoms with Gasteiger partial charge in [0.25, 0.3) is 0 Å². The summed E-state index contributed by atoms with van der Waals surface area (Å²) < 4.78 is 0. The predicted molar refractivity (Wildman–Crippen MR) is 62.6 cm³/mol. The molecule has 0 spiro atoms. The molecule has 0 aliphatic carbocycles. The monoisotopic (exact) mass is 200 g/mol. The summed E-state index contributed by atoms with van der Waals surface area (Å²) in [5.41, 5.74) is 2.23. The summed E-state index contributed by atoms with van der Waals surface area (Å²) in [5.74, 6) is 0. The highest BCUT2D eigenvalue weighted by Crippen LogP contribution is 2.07. The molecule has 0 bridgehead atoms. The molecule has 0 fully saturated rings. The van der Waals surface area contributed by atoms with E-state index in [0.717, 1.165) is 12.8 Å². The quantitative estimate of drug-likeness (QED) is 0.515. The van der Waals surface area contributed by atoms with Gasteiger partial charge in [0.15, 0.2) is 0 Å². The lowest BCUT2D eigenvalue weighted by atomic mass is 10.1. The van der Waals surface area contributed by atoms with Crippen molar-refractivity contribution >= 4 is 8.07 Å². The minimum Gasteiger partial charge on any atom is -0.389 e. The average Bonchev–Trinajstić information content (AvgIpc) is 2.00. The van der Waals surface area contributed by atoms with E-state index in [4.69, 9.17) is 0 Å². The Hall–Kier alpha value is -0.0831. The molecule has 1 unspecified atom stereocenters. The second kappa shape index (κ2) is 6.38. The summed E-state index contributed by atoms with van der Waals surface area (Å²) in [5, 5.41) is 9.57. The second-order valence-electron chi connectivity index (χ2n) is 4.79. The van der Waals surface area contributed by atoms with Gasteiger partial charge in [0.05, 0.1) is 14.2 Å². The fraction of sp³-hybridized carbons (Fsp3) is 0.818. The van der Waals surface area contributed by atoms with Crippen molar-refractivity contribution in [2.75, 3.05) is 0 Å². The van der Waals surface area contributed by atoms with Gasteiger partial charge < -0.3 is 5.11 Å². The van der Waals surface area contributed by atoms with E-state index in [1.807, 2.05) is 6.08 Å². The summed E-state index contributed by atoms with van der Waals surface area (Å²) in [7, 11) is -1.11. The molecule has 0 saturated heterocycles. The van der Waals surface area contributed by atoms with Crippen LogP contribution in [-0.2, 0) is 0 Å². The molecule has 0 rings (SSSR count). The highest BCUT2D eigenvalue weighted by molar-refractivity contribution is 6.80. The van der Waals surface area contributed by atoms with Crippen LogP contribution < -0.4 is 0 Å². The van der Waals surface area contributed by atoms with E-state index in [2.05, 4.69) is 32.3 Å². The van der Waals surface area contributed by atoms with Crippen LogP contribution >= 0.6 is 0 Å². The molecule has 2 heteroatoms. The van der Waals surface area contributed by atoms with Crippen molar-refractivity contribution in [2.45, 2.75) is 58.4 Å². The molecule has 0 aromatic heterocycles. The zero-order valence-electron chi connectivity index (χ0n) is 9.51. The number of hydrogen-bond acceptors (Lipinski definition) is 1. The first-order valence-electron chi connectivity index (χ1n) is 5.33. The Bertz CT molecular complexity index is 147. The van der Waals surface area contributed by atoms with Crippen molar-refractivity contribution in [1.29, 1.82) is 0 Å². The summed E-state index contributed by atoms with van der Waals surface area (Å²) in [6.07, 6.45) is 6.31. The fourth-order valence-corrected chi connectivity index (χ4v) is 1.90. The largest absolute Gasteiger partial charge is 0.389 e. The van der Waals surface area contributed by atoms with E-state index in [9.17, 15) is 5.11 Å². The molecule has 0 aromatic carbocycles. The first-order chi connectivity index (χ1) is 5.95. The third-order valence-electron chi connectivity index (χ3n) is 1.92. The predicted octanol–water partition coefficient (Wildman–Crippen LogP) is 3.36. The zero-order chi connectivity index (χ0) is 10.3. The van der Waals surface area contributed by atoms with Crippen molar-refractivity contribution in [1.82, 2.24) is 0 Å². The van der Waals surface area contributed by atoms with E-state index < -0.39 is 8.07 Å². The normalized spacial score (nSPS) is 15.2. The number of unbranched alkanes of at least 4 members (excludes halogenated alkanes) is 2. The Morgan fingerprint density at radius 2 is 1.85 bits per heavy atom.